The normalized spacial score (nSPS) is 18.4. The third-order valence-corrected chi connectivity index (χ3v) is 6.82. The van der Waals surface area contributed by atoms with Crippen LogP contribution >= 0.6 is 0 Å². The first-order chi connectivity index (χ1) is 17.4. The Morgan fingerprint density at radius 2 is 1.92 bits per heavy atom. The van der Waals surface area contributed by atoms with E-state index in [2.05, 4.69) is 4.90 Å². The molecule has 2 aliphatic rings. The highest BCUT2D eigenvalue weighted by Gasteiger charge is 2.36. The predicted octanol–water partition coefficient (Wildman–Crippen LogP) is 2.53. The number of ether oxygens (including phenoxy) is 2. The number of aromatic nitrogens is 1. The third-order valence-electron chi connectivity index (χ3n) is 6.82. The van der Waals surface area contributed by atoms with Gasteiger partial charge in [-0.2, -0.15) is 5.10 Å². The molecule has 1 aromatic carbocycles. The molecule has 2 aromatic rings. The zero-order valence-corrected chi connectivity index (χ0v) is 21.7. The fourth-order valence-corrected chi connectivity index (χ4v) is 4.79. The molecule has 1 atom stereocenters. The van der Waals surface area contributed by atoms with E-state index in [0.29, 0.717) is 38.5 Å². The Balaban J connectivity index is 1.58. The Kier molecular flexibility index (Phi) is 8.43. The first-order valence-electron chi connectivity index (χ1n) is 12.6. The molecule has 0 saturated carbocycles. The first-order valence-corrected chi connectivity index (χ1v) is 12.6. The number of morpholine rings is 1. The van der Waals surface area contributed by atoms with Crippen molar-refractivity contribution < 1.29 is 19.1 Å². The van der Waals surface area contributed by atoms with Gasteiger partial charge in [-0.05, 0) is 18.2 Å². The molecule has 4 rings (SSSR count). The number of aryl methyl sites for hydroxylation is 1. The van der Waals surface area contributed by atoms with Gasteiger partial charge in [0.2, 0.25) is 5.91 Å². The fraction of sp³-hybridized carbons (Fsp3) is 0.519. The van der Waals surface area contributed by atoms with Crippen molar-refractivity contribution in [3.8, 4) is 5.75 Å². The van der Waals surface area contributed by atoms with Gasteiger partial charge in [-0.15, -0.1) is 0 Å². The Bertz CT molecular complexity index is 1090. The summed E-state index contributed by atoms with van der Waals surface area (Å²) in [5.74, 6) is 0.280. The van der Waals surface area contributed by atoms with Crippen LogP contribution in [0.1, 0.15) is 37.6 Å². The minimum absolute atomic E-state index is 0.0169. The number of carbonyl (C=O) groups excluding carboxylic acids is 2. The van der Waals surface area contributed by atoms with Crippen molar-refractivity contribution in [1.82, 2.24) is 19.4 Å². The third kappa shape index (κ3) is 5.79. The summed E-state index contributed by atoms with van der Waals surface area (Å²) in [6.45, 7) is 7.99. The van der Waals surface area contributed by atoms with E-state index in [1.807, 2.05) is 68.1 Å². The summed E-state index contributed by atoms with van der Waals surface area (Å²) in [6.07, 6.45) is 2.53. The molecule has 1 aromatic heterocycles. The number of nitrogens with zero attached hydrogens (tertiary/aromatic N) is 5. The molecule has 0 aliphatic carbocycles. The molecule has 194 valence electrons. The van der Waals surface area contributed by atoms with Crippen LogP contribution < -0.4 is 4.74 Å². The second-order valence-corrected chi connectivity index (χ2v) is 9.62. The van der Waals surface area contributed by atoms with E-state index >= 15 is 0 Å². The lowest BCUT2D eigenvalue weighted by atomic mass is 9.99. The van der Waals surface area contributed by atoms with Crippen LogP contribution in [-0.4, -0.2) is 89.9 Å². The monoisotopic (exact) mass is 495 g/mol. The van der Waals surface area contributed by atoms with E-state index in [-0.39, 0.29) is 30.3 Å². The topological polar surface area (TPSA) is 79.6 Å². The van der Waals surface area contributed by atoms with Crippen molar-refractivity contribution in [2.24, 2.45) is 18.1 Å². The number of hydrazone groups is 1. The minimum Gasteiger partial charge on any atom is -0.496 e. The highest BCUT2D eigenvalue weighted by molar-refractivity contribution is 6.02. The first kappa shape index (κ1) is 25.9. The van der Waals surface area contributed by atoms with E-state index in [4.69, 9.17) is 14.6 Å². The number of para-hydroxylation sites is 1. The second-order valence-electron chi connectivity index (χ2n) is 9.62. The zero-order chi connectivity index (χ0) is 25.7. The second kappa shape index (κ2) is 11.7. The Hall–Kier alpha value is -3.17. The Morgan fingerprint density at radius 1 is 1.17 bits per heavy atom. The Morgan fingerprint density at radius 3 is 2.58 bits per heavy atom. The van der Waals surface area contributed by atoms with Gasteiger partial charge >= 0.3 is 0 Å². The van der Waals surface area contributed by atoms with Crippen LogP contribution in [0.5, 0.6) is 5.75 Å². The number of methoxy groups -OCH3 is 1. The number of rotatable bonds is 9. The SMILES string of the molecule is COc1ccccc1C1CC(c2cccn2C)=NN1C(=O)CN(CCN1CCOCC1)C(=O)C(C)C. The van der Waals surface area contributed by atoms with Crippen LogP contribution in [0.3, 0.4) is 0 Å². The van der Waals surface area contributed by atoms with Gasteiger partial charge in [-0.25, -0.2) is 5.01 Å². The number of carbonyl (C=O) groups is 2. The molecule has 3 heterocycles. The molecule has 2 amide bonds. The molecule has 9 heteroatoms. The van der Waals surface area contributed by atoms with Crippen LogP contribution in [0.4, 0.5) is 0 Å². The van der Waals surface area contributed by atoms with Gasteiger partial charge in [0.15, 0.2) is 0 Å². The largest absolute Gasteiger partial charge is 0.496 e. The maximum Gasteiger partial charge on any atom is 0.262 e. The van der Waals surface area contributed by atoms with Crippen LogP contribution in [0, 0.1) is 5.92 Å². The molecule has 1 unspecified atom stereocenters. The molecule has 36 heavy (non-hydrogen) atoms. The molecule has 0 radical (unpaired) electrons. The molecule has 9 nitrogen and oxygen atoms in total. The lowest BCUT2D eigenvalue weighted by Gasteiger charge is -2.32. The highest BCUT2D eigenvalue weighted by atomic mass is 16.5. The maximum atomic E-state index is 13.8. The van der Waals surface area contributed by atoms with E-state index in [9.17, 15) is 9.59 Å². The van der Waals surface area contributed by atoms with Gasteiger partial charge in [-0.3, -0.25) is 14.5 Å². The number of hydrogen-bond donors (Lipinski definition) is 0. The van der Waals surface area contributed by atoms with Gasteiger partial charge in [-0.1, -0.05) is 32.0 Å². The standard InChI is InChI=1S/C27H37N5O4/c1-20(2)27(34)31(13-12-30-14-16-36-17-15-30)19-26(33)32-24(21-8-5-6-10-25(21)35-4)18-22(28-32)23-9-7-11-29(23)3/h5-11,20,24H,12-19H2,1-4H3. The van der Waals surface area contributed by atoms with Crippen molar-refractivity contribution in [2.75, 3.05) is 53.0 Å². The minimum atomic E-state index is -0.311. The molecule has 0 spiro atoms. The van der Waals surface area contributed by atoms with Gasteiger partial charge in [0, 0.05) is 57.3 Å². The summed E-state index contributed by atoms with van der Waals surface area (Å²) in [6, 6.07) is 11.4. The predicted molar refractivity (Wildman–Crippen MR) is 138 cm³/mol. The summed E-state index contributed by atoms with van der Waals surface area (Å²) in [4.78, 5) is 30.8. The van der Waals surface area contributed by atoms with Crippen molar-refractivity contribution in [3.05, 3.63) is 53.9 Å². The molecule has 1 fully saturated rings. The smallest absolute Gasteiger partial charge is 0.262 e. The lowest BCUT2D eigenvalue weighted by molar-refractivity contribution is -0.143. The van der Waals surface area contributed by atoms with E-state index in [1.54, 1.807) is 17.0 Å². The summed E-state index contributed by atoms with van der Waals surface area (Å²) >= 11 is 0. The van der Waals surface area contributed by atoms with Gasteiger partial charge in [0.05, 0.1) is 37.8 Å². The summed E-state index contributed by atoms with van der Waals surface area (Å²) < 4.78 is 13.1. The highest BCUT2D eigenvalue weighted by Crippen LogP contribution is 2.37. The number of amides is 2. The van der Waals surface area contributed by atoms with Crippen molar-refractivity contribution in [1.29, 1.82) is 0 Å². The van der Waals surface area contributed by atoms with Crippen LogP contribution in [0.25, 0.3) is 0 Å². The van der Waals surface area contributed by atoms with Crippen molar-refractivity contribution in [2.45, 2.75) is 26.3 Å². The van der Waals surface area contributed by atoms with Gasteiger partial charge in [0.1, 0.15) is 12.3 Å². The average molecular weight is 496 g/mol. The van der Waals surface area contributed by atoms with Crippen molar-refractivity contribution in [3.63, 3.8) is 0 Å². The van der Waals surface area contributed by atoms with Crippen LogP contribution in [0.15, 0.2) is 47.7 Å². The van der Waals surface area contributed by atoms with Gasteiger partial charge < -0.3 is 18.9 Å². The zero-order valence-electron chi connectivity index (χ0n) is 21.7. The quantitative estimate of drug-likeness (QED) is 0.534. The number of benzene rings is 1. The molecular weight excluding hydrogens is 458 g/mol. The average Bonchev–Trinajstić information content (AvgIpc) is 3.52. The molecular formula is C27H37N5O4. The number of hydrogen-bond acceptors (Lipinski definition) is 6. The van der Waals surface area contributed by atoms with E-state index in [0.717, 1.165) is 30.1 Å². The Labute approximate surface area is 213 Å². The molecule has 0 bridgehead atoms. The van der Waals surface area contributed by atoms with E-state index in [1.165, 1.54) is 0 Å². The summed E-state index contributed by atoms with van der Waals surface area (Å²) in [7, 11) is 3.60. The van der Waals surface area contributed by atoms with Crippen molar-refractivity contribution >= 4 is 17.5 Å². The summed E-state index contributed by atoms with van der Waals surface area (Å²) in [5, 5.41) is 6.34. The maximum absolute atomic E-state index is 13.8. The lowest BCUT2D eigenvalue weighted by Crippen LogP contribution is -2.47. The summed E-state index contributed by atoms with van der Waals surface area (Å²) in [5.41, 5.74) is 2.70. The molecule has 0 N–H and O–H groups in total. The van der Waals surface area contributed by atoms with Crippen LogP contribution in [-0.2, 0) is 21.4 Å². The van der Waals surface area contributed by atoms with Crippen LogP contribution in [0.2, 0.25) is 0 Å². The van der Waals surface area contributed by atoms with E-state index < -0.39 is 0 Å². The molecule has 2 aliphatic heterocycles. The molecule has 1 saturated heterocycles. The fourth-order valence-electron chi connectivity index (χ4n) is 4.79. The van der Waals surface area contributed by atoms with Gasteiger partial charge in [0.25, 0.3) is 5.91 Å².